The molecule has 1 N–H and O–H groups in total. The van der Waals surface area contributed by atoms with Crippen molar-refractivity contribution in [2.75, 3.05) is 0 Å². The van der Waals surface area contributed by atoms with Gasteiger partial charge < -0.3 is 5.21 Å². The molecule has 0 aromatic rings. The van der Waals surface area contributed by atoms with E-state index in [2.05, 4.69) is 32.9 Å². The summed E-state index contributed by atoms with van der Waals surface area (Å²) in [6.07, 6.45) is 2.48. The Bertz CT molecular complexity index is 269. The third kappa shape index (κ3) is 0.773. The lowest BCUT2D eigenvalue weighted by Crippen LogP contribution is -2.33. The summed E-state index contributed by atoms with van der Waals surface area (Å²) in [5.74, 6) is 1.18. The number of rotatable bonds is 0. The highest BCUT2D eigenvalue weighted by molar-refractivity contribution is 5.95. The highest BCUT2D eigenvalue weighted by Crippen LogP contribution is 2.65. The fourth-order valence-electron chi connectivity index (χ4n) is 3.76. The largest absolute Gasteiger partial charge is 0.411 e. The molecule has 2 bridgehead atoms. The summed E-state index contributed by atoms with van der Waals surface area (Å²) in [4.78, 5) is 0. The minimum absolute atomic E-state index is 0.145. The Morgan fingerprint density at radius 1 is 1.38 bits per heavy atom. The summed E-state index contributed by atoms with van der Waals surface area (Å²) >= 11 is 0. The minimum Gasteiger partial charge on any atom is -0.411 e. The lowest BCUT2D eigenvalue weighted by atomic mass is 9.70. The molecule has 2 fully saturated rings. The molecular formula is C11H19NO. The molecule has 0 aromatic heterocycles. The molecule has 2 aliphatic rings. The van der Waals surface area contributed by atoms with Crippen molar-refractivity contribution in [3.8, 4) is 0 Å². The first-order valence-corrected chi connectivity index (χ1v) is 5.17. The van der Waals surface area contributed by atoms with Crippen molar-refractivity contribution in [2.24, 2.45) is 27.8 Å². The Kier molecular flexibility index (Phi) is 1.59. The van der Waals surface area contributed by atoms with E-state index in [1.54, 1.807) is 0 Å². The van der Waals surface area contributed by atoms with E-state index in [0.29, 0.717) is 17.3 Å². The third-order valence-electron chi connectivity index (χ3n) is 5.01. The molecule has 2 heteroatoms. The van der Waals surface area contributed by atoms with E-state index < -0.39 is 0 Å². The van der Waals surface area contributed by atoms with Gasteiger partial charge in [-0.2, -0.15) is 0 Å². The van der Waals surface area contributed by atoms with E-state index in [9.17, 15) is 0 Å². The van der Waals surface area contributed by atoms with Crippen LogP contribution in [-0.4, -0.2) is 10.9 Å². The van der Waals surface area contributed by atoms with Gasteiger partial charge in [-0.05, 0) is 24.2 Å². The normalized spacial score (nSPS) is 50.3. The van der Waals surface area contributed by atoms with Crippen LogP contribution in [0.4, 0.5) is 0 Å². The highest BCUT2D eigenvalue weighted by atomic mass is 16.4. The molecule has 2 aliphatic carbocycles. The fourth-order valence-corrected chi connectivity index (χ4v) is 3.76. The van der Waals surface area contributed by atoms with Crippen LogP contribution in [-0.2, 0) is 0 Å². The van der Waals surface area contributed by atoms with Crippen LogP contribution >= 0.6 is 0 Å². The van der Waals surface area contributed by atoms with Crippen LogP contribution in [0, 0.1) is 22.7 Å². The summed E-state index contributed by atoms with van der Waals surface area (Å²) in [5.41, 5.74) is 1.49. The number of hydrogen-bond acceptors (Lipinski definition) is 2. The molecule has 0 amide bonds. The van der Waals surface area contributed by atoms with Crippen LogP contribution in [0.15, 0.2) is 5.16 Å². The van der Waals surface area contributed by atoms with E-state index in [0.717, 1.165) is 5.71 Å². The van der Waals surface area contributed by atoms with Crippen molar-refractivity contribution in [1.29, 1.82) is 0 Å². The number of nitrogens with zero attached hydrogens (tertiary/aromatic N) is 1. The molecule has 0 aliphatic heterocycles. The molecule has 3 unspecified atom stereocenters. The number of oxime groups is 1. The Hall–Kier alpha value is -0.530. The van der Waals surface area contributed by atoms with Crippen molar-refractivity contribution in [2.45, 2.75) is 40.5 Å². The second kappa shape index (κ2) is 2.28. The predicted octanol–water partition coefficient (Wildman–Crippen LogP) is 2.91. The van der Waals surface area contributed by atoms with E-state index in [-0.39, 0.29) is 5.41 Å². The Balaban J connectivity index is 2.52. The topological polar surface area (TPSA) is 32.6 Å². The van der Waals surface area contributed by atoms with Crippen molar-refractivity contribution in [3.63, 3.8) is 0 Å². The van der Waals surface area contributed by atoms with Crippen molar-refractivity contribution in [3.05, 3.63) is 0 Å². The molecular weight excluding hydrogens is 162 g/mol. The van der Waals surface area contributed by atoms with Gasteiger partial charge in [0.2, 0.25) is 0 Å². The molecule has 0 saturated heterocycles. The van der Waals surface area contributed by atoms with Crippen molar-refractivity contribution < 1.29 is 5.21 Å². The van der Waals surface area contributed by atoms with Crippen LogP contribution in [0.5, 0.6) is 0 Å². The molecule has 74 valence electrons. The quantitative estimate of drug-likeness (QED) is 0.452. The smallest absolute Gasteiger partial charge is 0.0666 e. The van der Waals surface area contributed by atoms with E-state index in [4.69, 9.17) is 5.21 Å². The van der Waals surface area contributed by atoms with Gasteiger partial charge in [-0.3, -0.25) is 0 Å². The van der Waals surface area contributed by atoms with Crippen molar-refractivity contribution in [1.82, 2.24) is 0 Å². The molecule has 13 heavy (non-hydrogen) atoms. The lowest BCUT2D eigenvalue weighted by Gasteiger charge is -2.33. The van der Waals surface area contributed by atoms with E-state index in [1.807, 2.05) is 0 Å². The zero-order valence-electron chi connectivity index (χ0n) is 8.96. The van der Waals surface area contributed by atoms with E-state index >= 15 is 0 Å². The molecule has 0 spiro atoms. The summed E-state index contributed by atoms with van der Waals surface area (Å²) in [5, 5.41) is 12.6. The summed E-state index contributed by atoms with van der Waals surface area (Å²) in [6, 6.07) is 0. The number of fused-ring (bicyclic) bond motifs is 2. The zero-order valence-corrected chi connectivity index (χ0v) is 8.96. The second-order valence-electron chi connectivity index (χ2n) is 5.47. The first-order chi connectivity index (χ1) is 5.95. The van der Waals surface area contributed by atoms with Gasteiger partial charge in [-0.1, -0.05) is 32.9 Å². The Labute approximate surface area is 80.0 Å². The zero-order chi connectivity index (χ0) is 9.85. The van der Waals surface area contributed by atoms with Gasteiger partial charge in [0.05, 0.1) is 5.71 Å². The Morgan fingerprint density at radius 3 is 2.31 bits per heavy atom. The molecule has 2 rings (SSSR count). The van der Waals surface area contributed by atoms with Crippen LogP contribution in [0.1, 0.15) is 40.5 Å². The molecule has 3 atom stereocenters. The lowest BCUT2D eigenvalue weighted by molar-refractivity contribution is 0.179. The molecule has 0 aromatic carbocycles. The summed E-state index contributed by atoms with van der Waals surface area (Å²) in [6.45, 7) is 9.09. The van der Waals surface area contributed by atoms with Crippen LogP contribution in [0.3, 0.4) is 0 Å². The SMILES string of the molecule is CC1/C(=N/O)C2(C)CCC1C2(C)C. The average Bonchev–Trinajstić information content (AvgIpc) is 2.32. The fraction of sp³-hybridized carbons (Fsp3) is 0.909. The maximum absolute atomic E-state index is 9.04. The van der Waals surface area contributed by atoms with Gasteiger partial charge in [0.25, 0.3) is 0 Å². The molecule has 2 saturated carbocycles. The number of hydrogen-bond donors (Lipinski definition) is 1. The highest BCUT2D eigenvalue weighted by Gasteiger charge is 2.63. The van der Waals surface area contributed by atoms with Crippen LogP contribution in [0.2, 0.25) is 0 Å². The molecule has 0 radical (unpaired) electrons. The van der Waals surface area contributed by atoms with Crippen LogP contribution in [0.25, 0.3) is 0 Å². The molecule has 2 nitrogen and oxygen atoms in total. The van der Waals surface area contributed by atoms with Gasteiger partial charge in [0.1, 0.15) is 0 Å². The summed E-state index contributed by atoms with van der Waals surface area (Å²) in [7, 11) is 0. The maximum Gasteiger partial charge on any atom is 0.0666 e. The Morgan fingerprint density at radius 2 is 2.00 bits per heavy atom. The maximum atomic E-state index is 9.04. The van der Waals surface area contributed by atoms with Gasteiger partial charge in [0.15, 0.2) is 0 Å². The second-order valence-corrected chi connectivity index (χ2v) is 5.47. The predicted molar refractivity (Wildman–Crippen MR) is 53.0 cm³/mol. The third-order valence-corrected chi connectivity index (χ3v) is 5.01. The molecule has 0 heterocycles. The van der Waals surface area contributed by atoms with Gasteiger partial charge in [0, 0.05) is 11.3 Å². The first kappa shape index (κ1) is 9.04. The van der Waals surface area contributed by atoms with Gasteiger partial charge >= 0.3 is 0 Å². The monoisotopic (exact) mass is 181 g/mol. The van der Waals surface area contributed by atoms with Gasteiger partial charge in [-0.25, -0.2) is 0 Å². The average molecular weight is 181 g/mol. The minimum atomic E-state index is 0.145. The van der Waals surface area contributed by atoms with Gasteiger partial charge in [-0.15, -0.1) is 0 Å². The standard InChI is InChI=1S/C11H19NO/c1-7-8-5-6-11(4,9(7)12-13)10(8,2)3/h7-8,13H,5-6H2,1-4H3/b12-9-. The first-order valence-electron chi connectivity index (χ1n) is 5.17. The summed E-state index contributed by atoms with van der Waals surface area (Å²) < 4.78 is 0. The van der Waals surface area contributed by atoms with Crippen molar-refractivity contribution >= 4 is 5.71 Å². The van der Waals surface area contributed by atoms with E-state index in [1.165, 1.54) is 12.8 Å². The van der Waals surface area contributed by atoms with Crippen LogP contribution < -0.4 is 0 Å².